The van der Waals surface area contributed by atoms with Crippen LogP contribution in [0, 0.1) is 13.8 Å². The molecule has 158 valence electrons. The second kappa shape index (κ2) is 10.4. The van der Waals surface area contributed by atoms with Crippen molar-refractivity contribution in [3.63, 3.8) is 0 Å². The summed E-state index contributed by atoms with van der Waals surface area (Å²) >= 11 is 6.49. The Balaban J connectivity index is 0.00000289. The number of halogens is 1. The average Bonchev–Trinajstić information content (AvgIpc) is 3.06. The molecule has 0 radical (unpaired) electrons. The number of aromatic nitrogens is 2. The first-order chi connectivity index (χ1) is 14.9. The minimum Gasteiger partial charge on any atom is -0.489 e. The van der Waals surface area contributed by atoms with Gasteiger partial charge in [0.25, 0.3) is 0 Å². The van der Waals surface area contributed by atoms with E-state index in [9.17, 15) is 9.59 Å². The summed E-state index contributed by atoms with van der Waals surface area (Å²) < 4.78 is 11.6. The number of ether oxygens (including phenoxy) is 1. The van der Waals surface area contributed by atoms with Gasteiger partial charge in [0, 0.05) is 17.1 Å². The zero-order valence-corrected chi connectivity index (χ0v) is 20.8. The number of hydrogen-bond acceptors (Lipinski definition) is 4. The minimum atomic E-state index is -0.895. The Labute approximate surface area is 212 Å². The van der Waals surface area contributed by atoms with E-state index in [1.807, 2.05) is 18.2 Å². The number of hydrogen-bond donors (Lipinski definition) is 0. The maximum Gasteiger partial charge on any atom is 1.00 e. The van der Waals surface area contributed by atoms with Crippen LogP contribution in [-0.4, -0.2) is 4.74 Å². The molecule has 0 unspecified atom stereocenters. The van der Waals surface area contributed by atoms with Crippen molar-refractivity contribution in [3.8, 4) is 16.9 Å². The minimum absolute atomic E-state index is 0. The van der Waals surface area contributed by atoms with Crippen molar-refractivity contribution < 1.29 is 38.8 Å². The van der Waals surface area contributed by atoms with Crippen LogP contribution in [0.5, 0.6) is 5.75 Å². The van der Waals surface area contributed by atoms with Crippen molar-refractivity contribution >= 4 is 11.6 Å². The van der Waals surface area contributed by atoms with Crippen molar-refractivity contribution in [2.75, 3.05) is 0 Å². The molecule has 4 rings (SSSR count). The molecule has 0 amide bonds. The van der Waals surface area contributed by atoms with Gasteiger partial charge >= 0.3 is 35.3 Å². The molecule has 0 saturated heterocycles. The van der Waals surface area contributed by atoms with Gasteiger partial charge in [0.2, 0.25) is 0 Å². The van der Waals surface area contributed by atoms with Crippen LogP contribution in [0.2, 0.25) is 5.02 Å². The normalized spacial score (nSPS) is 10.6. The first kappa shape index (κ1) is 24.1. The summed E-state index contributed by atoms with van der Waals surface area (Å²) in [5.74, 6) is -0.213. The predicted octanol–water partition coefficient (Wildman–Crippen LogP) is 1.33. The zero-order valence-electron chi connectivity index (χ0n) is 18.1. The van der Waals surface area contributed by atoms with E-state index in [1.54, 1.807) is 24.3 Å². The Morgan fingerprint density at radius 1 is 0.969 bits per heavy atom. The summed E-state index contributed by atoms with van der Waals surface area (Å²) in [7, 11) is 0. The van der Waals surface area contributed by atoms with Gasteiger partial charge in [-0.3, -0.25) is 9.53 Å². The molecule has 1 aromatic heterocycles. The number of aryl methyl sites for hydroxylation is 2. The van der Waals surface area contributed by atoms with E-state index in [2.05, 4.69) is 37.0 Å². The molecule has 0 spiro atoms. The van der Waals surface area contributed by atoms with Gasteiger partial charge in [-0.05, 0) is 65.9 Å². The van der Waals surface area contributed by atoms with Crippen LogP contribution < -0.4 is 50.7 Å². The molecule has 1 heterocycles. The van der Waals surface area contributed by atoms with E-state index in [1.165, 1.54) is 11.1 Å². The molecule has 0 atom stereocenters. The van der Waals surface area contributed by atoms with Crippen LogP contribution in [-0.2, 0) is 13.2 Å². The standard InChI is InChI=1S/C24H21ClN2O4.Na/c1-15-4-3-5-16(2)22(15)20-12-18(8-11-21(20)25)14-30-19-9-6-17(7-10-19)13-27-23(28)26-24(29)31-27;/h3-12H,13-14H2,1-2H3,(H,26,28,29);/q;+1/p-1. The quantitative estimate of drug-likeness (QED) is 0.407. The monoisotopic (exact) mass is 458 g/mol. The Bertz CT molecular complexity index is 1320. The molecule has 6 nitrogen and oxygen atoms in total. The summed E-state index contributed by atoms with van der Waals surface area (Å²) in [6, 6.07) is 19.3. The SMILES string of the molecule is Cc1cccc(C)c1-c1cc(COc2ccc(Cn3oc(=O)[n-]c3=O)cc2)ccc1Cl.[Na+]. The smallest absolute Gasteiger partial charge is 0.489 e. The first-order valence-corrected chi connectivity index (χ1v) is 10.1. The Morgan fingerprint density at radius 3 is 2.25 bits per heavy atom. The van der Waals surface area contributed by atoms with Gasteiger partial charge in [0.1, 0.15) is 12.4 Å². The summed E-state index contributed by atoms with van der Waals surface area (Å²) in [5.41, 5.74) is 5.56. The van der Waals surface area contributed by atoms with E-state index in [-0.39, 0.29) is 36.1 Å². The summed E-state index contributed by atoms with van der Waals surface area (Å²) in [5, 5.41) is 0.703. The maximum atomic E-state index is 11.5. The van der Waals surface area contributed by atoms with Crippen LogP contribution in [0.4, 0.5) is 0 Å². The molecule has 32 heavy (non-hydrogen) atoms. The number of nitrogens with zero attached hydrogens (tertiary/aromatic N) is 2. The zero-order chi connectivity index (χ0) is 22.0. The molecule has 0 N–H and O–H groups in total. The Morgan fingerprint density at radius 2 is 1.62 bits per heavy atom. The van der Waals surface area contributed by atoms with Crippen molar-refractivity contribution in [1.29, 1.82) is 0 Å². The van der Waals surface area contributed by atoms with Gasteiger partial charge < -0.3 is 14.2 Å². The van der Waals surface area contributed by atoms with Crippen LogP contribution >= 0.6 is 11.6 Å². The van der Waals surface area contributed by atoms with E-state index >= 15 is 0 Å². The van der Waals surface area contributed by atoms with E-state index < -0.39 is 11.4 Å². The molecule has 4 aromatic rings. The second-order valence-corrected chi connectivity index (χ2v) is 7.71. The van der Waals surface area contributed by atoms with E-state index in [4.69, 9.17) is 20.9 Å². The first-order valence-electron chi connectivity index (χ1n) is 9.72. The van der Waals surface area contributed by atoms with Crippen LogP contribution in [0.3, 0.4) is 0 Å². The fourth-order valence-electron chi connectivity index (χ4n) is 3.50. The van der Waals surface area contributed by atoms with Gasteiger partial charge in [0.05, 0.1) is 0 Å². The molecular weight excluding hydrogens is 439 g/mol. The summed E-state index contributed by atoms with van der Waals surface area (Å²) in [4.78, 5) is 25.7. The van der Waals surface area contributed by atoms with Crippen molar-refractivity contribution in [1.82, 2.24) is 9.72 Å². The van der Waals surface area contributed by atoms with Gasteiger partial charge in [0.15, 0.2) is 5.69 Å². The van der Waals surface area contributed by atoms with Crippen LogP contribution in [0.25, 0.3) is 11.1 Å². The molecule has 0 fully saturated rings. The van der Waals surface area contributed by atoms with Crippen molar-refractivity contribution in [2.24, 2.45) is 0 Å². The molecule has 0 aliphatic heterocycles. The number of benzene rings is 3. The average molecular weight is 459 g/mol. The molecule has 0 aliphatic carbocycles. The van der Waals surface area contributed by atoms with Crippen LogP contribution in [0.1, 0.15) is 22.3 Å². The van der Waals surface area contributed by atoms with Crippen molar-refractivity contribution in [2.45, 2.75) is 27.0 Å². The van der Waals surface area contributed by atoms with Gasteiger partial charge in [-0.2, -0.15) is 0 Å². The third-order valence-corrected chi connectivity index (χ3v) is 5.35. The molecule has 0 aliphatic rings. The van der Waals surface area contributed by atoms with E-state index in [0.717, 1.165) is 27.0 Å². The van der Waals surface area contributed by atoms with E-state index in [0.29, 0.717) is 17.4 Å². The molecule has 0 saturated carbocycles. The Kier molecular flexibility index (Phi) is 7.85. The Hall–Kier alpha value is -2.51. The predicted molar refractivity (Wildman–Crippen MR) is 119 cm³/mol. The third-order valence-electron chi connectivity index (χ3n) is 5.02. The largest absolute Gasteiger partial charge is 1.00 e. The molecule has 3 aromatic carbocycles. The topological polar surface area (TPSA) is 75.5 Å². The molecule has 8 heteroatoms. The van der Waals surface area contributed by atoms with Gasteiger partial charge in [-0.25, -0.2) is 4.79 Å². The fraction of sp³-hybridized carbons (Fsp3) is 0.167. The maximum absolute atomic E-state index is 11.5. The third kappa shape index (κ3) is 5.45. The number of rotatable bonds is 6. The fourth-order valence-corrected chi connectivity index (χ4v) is 3.72. The molecular formula is C24H20ClN2NaO4. The van der Waals surface area contributed by atoms with Gasteiger partial charge in [-0.15, -0.1) is 0 Å². The molecule has 0 bridgehead atoms. The second-order valence-electron chi connectivity index (χ2n) is 7.30. The van der Waals surface area contributed by atoms with Crippen molar-refractivity contribution in [3.05, 3.63) is 109 Å². The van der Waals surface area contributed by atoms with Crippen LogP contribution in [0.15, 0.2) is 74.8 Å². The van der Waals surface area contributed by atoms with Gasteiger partial charge in [-0.1, -0.05) is 48.0 Å². The summed E-state index contributed by atoms with van der Waals surface area (Å²) in [6.45, 7) is 4.67. The summed E-state index contributed by atoms with van der Waals surface area (Å²) in [6.07, 6.45) is 0.